The monoisotopic (exact) mass is 250 g/mol. The summed E-state index contributed by atoms with van der Waals surface area (Å²) >= 11 is 0. The zero-order valence-electron chi connectivity index (χ0n) is 11.6. The molecule has 3 fully saturated rings. The molecule has 3 heteroatoms. The van der Waals surface area contributed by atoms with Crippen LogP contribution in [0.3, 0.4) is 0 Å². The molecule has 2 unspecified atom stereocenters. The van der Waals surface area contributed by atoms with Crippen LogP contribution in [-0.4, -0.2) is 29.6 Å². The summed E-state index contributed by atoms with van der Waals surface area (Å²) in [7, 11) is 0. The third-order valence-electron chi connectivity index (χ3n) is 5.51. The van der Waals surface area contributed by atoms with Crippen molar-refractivity contribution >= 4 is 5.91 Å². The van der Waals surface area contributed by atoms with E-state index in [1.165, 1.54) is 38.5 Å². The molecule has 1 heterocycles. The molecule has 0 aromatic heterocycles. The first-order valence-corrected chi connectivity index (χ1v) is 7.76. The summed E-state index contributed by atoms with van der Waals surface area (Å²) in [5, 5.41) is 3.51. The van der Waals surface area contributed by atoms with E-state index in [-0.39, 0.29) is 5.54 Å². The van der Waals surface area contributed by atoms with Gasteiger partial charge in [0.1, 0.15) is 0 Å². The van der Waals surface area contributed by atoms with Crippen LogP contribution in [0.2, 0.25) is 0 Å². The molecule has 0 aromatic carbocycles. The molecular formula is C15H26N2O. The minimum absolute atomic E-state index is 0.155. The van der Waals surface area contributed by atoms with Crippen LogP contribution >= 0.6 is 0 Å². The maximum absolute atomic E-state index is 12.6. The van der Waals surface area contributed by atoms with Gasteiger partial charge in [-0.2, -0.15) is 0 Å². The van der Waals surface area contributed by atoms with Gasteiger partial charge >= 0.3 is 0 Å². The average molecular weight is 250 g/mol. The summed E-state index contributed by atoms with van der Waals surface area (Å²) in [6, 6.07) is 0. The van der Waals surface area contributed by atoms with Crippen molar-refractivity contribution in [2.75, 3.05) is 13.2 Å². The van der Waals surface area contributed by atoms with E-state index in [0.29, 0.717) is 5.91 Å². The lowest BCUT2D eigenvalue weighted by atomic mass is 9.80. The van der Waals surface area contributed by atoms with Gasteiger partial charge in [0.05, 0.1) is 12.2 Å². The van der Waals surface area contributed by atoms with Gasteiger partial charge in [-0.25, -0.2) is 0 Å². The Hall–Kier alpha value is -0.570. The Morgan fingerprint density at radius 1 is 1.22 bits per heavy atom. The van der Waals surface area contributed by atoms with E-state index in [2.05, 4.69) is 17.1 Å². The fourth-order valence-corrected chi connectivity index (χ4v) is 4.16. The fourth-order valence-electron chi connectivity index (χ4n) is 4.16. The van der Waals surface area contributed by atoms with Crippen LogP contribution in [0.4, 0.5) is 0 Å². The van der Waals surface area contributed by atoms with Gasteiger partial charge in [0.25, 0.3) is 0 Å². The van der Waals surface area contributed by atoms with Gasteiger partial charge in [-0.3, -0.25) is 10.1 Å². The molecule has 2 atom stereocenters. The highest BCUT2D eigenvalue weighted by molar-refractivity contribution is 5.88. The molecule has 3 aliphatic rings. The molecule has 0 radical (unpaired) electrons. The van der Waals surface area contributed by atoms with E-state index in [1.807, 2.05) is 0 Å². The van der Waals surface area contributed by atoms with Gasteiger partial charge < -0.3 is 4.90 Å². The van der Waals surface area contributed by atoms with Crippen molar-refractivity contribution in [3.63, 3.8) is 0 Å². The predicted octanol–water partition coefficient (Wildman–Crippen LogP) is 2.51. The molecular weight excluding hydrogens is 224 g/mol. The first kappa shape index (κ1) is 12.5. The van der Waals surface area contributed by atoms with E-state index >= 15 is 0 Å². The molecule has 18 heavy (non-hydrogen) atoms. The molecule has 3 rings (SSSR count). The van der Waals surface area contributed by atoms with Crippen molar-refractivity contribution in [3.05, 3.63) is 0 Å². The number of carbonyl (C=O) groups is 1. The van der Waals surface area contributed by atoms with E-state index < -0.39 is 0 Å². The van der Waals surface area contributed by atoms with Crippen LogP contribution in [-0.2, 0) is 4.79 Å². The second-order valence-corrected chi connectivity index (χ2v) is 6.67. The molecule has 1 N–H and O–H groups in total. The number of carbonyl (C=O) groups excluding carboxylic acids is 1. The second-order valence-electron chi connectivity index (χ2n) is 6.67. The number of hydrogen-bond donors (Lipinski definition) is 1. The van der Waals surface area contributed by atoms with Crippen LogP contribution in [0.25, 0.3) is 0 Å². The maximum Gasteiger partial charge on any atom is 0.243 e. The predicted molar refractivity (Wildman–Crippen MR) is 72.0 cm³/mol. The summed E-state index contributed by atoms with van der Waals surface area (Å²) < 4.78 is 0. The van der Waals surface area contributed by atoms with E-state index in [0.717, 1.165) is 37.9 Å². The molecule has 0 bridgehead atoms. The first-order chi connectivity index (χ1) is 8.71. The molecule has 1 saturated heterocycles. The molecule has 2 saturated carbocycles. The van der Waals surface area contributed by atoms with Crippen LogP contribution in [0.15, 0.2) is 0 Å². The van der Waals surface area contributed by atoms with Gasteiger partial charge in [0.15, 0.2) is 0 Å². The highest BCUT2D eigenvalue weighted by atomic mass is 16.2. The van der Waals surface area contributed by atoms with Crippen LogP contribution in [0.1, 0.15) is 58.3 Å². The van der Waals surface area contributed by atoms with Crippen LogP contribution in [0, 0.1) is 11.8 Å². The Balaban J connectivity index is 1.62. The number of nitrogens with zero attached hydrogens (tertiary/aromatic N) is 1. The van der Waals surface area contributed by atoms with Crippen molar-refractivity contribution in [1.29, 1.82) is 0 Å². The van der Waals surface area contributed by atoms with Crippen LogP contribution in [0.5, 0.6) is 0 Å². The third kappa shape index (κ3) is 2.07. The zero-order chi connectivity index (χ0) is 12.6. The Morgan fingerprint density at radius 3 is 2.67 bits per heavy atom. The summed E-state index contributed by atoms with van der Waals surface area (Å²) in [4.78, 5) is 14.7. The smallest absolute Gasteiger partial charge is 0.243 e. The van der Waals surface area contributed by atoms with Crippen LogP contribution < -0.4 is 5.32 Å². The van der Waals surface area contributed by atoms with E-state index in [4.69, 9.17) is 0 Å². The molecule has 2 aliphatic carbocycles. The van der Waals surface area contributed by atoms with Crippen molar-refractivity contribution < 1.29 is 4.79 Å². The highest BCUT2D eigenvalue weighted by Gasteiger charge is 2.48. The summed E-state index contributed by atoms with van der Waals surface area (Å²) in [5.74, 6) is 1.94. The number of hydrogen-bond acceptors (Lipinski definition) is 2. The highest BCUT2D eigenvalue weighted by Crippen LogP contribution is 2.36. The maximum atomic E-state index is 12.6. The zero-order valence-corrected chi connectivity index (χ0v) is 11.6. The second kappa shape index (κ2) is 4.84. The molecule has 0 aromatic rings. The van der Waals surface area contributed by atoms with Crippen molar-refractivity contribution in [3.8, 4) is 0 Å². The van der Waals surface area contributed by atoms with Gasteiger partial charge in [0.2, 0.25) is 5.91 Å². The molecule has 1 amide bonds. The van der Waals surface area contributed by atoms with Gasteiger partial charge in [-0.05, 0) is 31.1 Å². The van der Waals surface area contributed by atoms with E-state index in [1.54, 1.807) is 0 Å². The quantitative estimate of drug-likeness (QED) is 0.816. The molecule has 1 spiro atoms. The number of amides is 1. The minimum atomic E-state index is -0.155. The first-order valence-electron chi connectivity index (χ1n) is 7.76. The number of rotatable bonds is 2. The van der Waals surface area contributed by atoms with Crippen molar-refractivity contribution in [2.45, 2.75) is 63.8 Å². The lowest BCUT2D eigenvalue weighted by molar-refractivity contribution is -0.133. The van der Waals surface area contributed by atoms with Crippen molar-refractivity contribution in [2.24, 2.45) is 11.8 Å². The Morgan fingerprint density at radius 2 is 1.94 bits per heavy atom. The van der Waals surface area contributed by atoms with Gasteiger partial charge in [-0.1, -0.05) is 39.0 Å². The van der Waals surface area contributed by atoms with E-state index in [9.17, 15) is 4.79 Å². The normalized spacial score (nSPS) is 35.6. The molecule has 1 aliphatic heterocycles. The lowest BCUT2D eigenvalue weighted by Gasteiger charge is -2.32. The fraction of sp³-hybridized carbons (Fsp3) is 0.933. The molecule has 102 valence electrons. The largest absolute Gasteiger partial charge is 0.328 e. The van der Waals surface area contributed by atoms with Gasteiger partial charge in [0, 0.05) is 6.54 Å². The Labute approximate surface area is 110 Å². The minimum Gasteiger partial charge on any atom is -0.328 e. The Kier molecular flexibility index (Phi) is 3.35. The molecule has 3 nitrogen and oxygen atoms in total. The summed E-state index contributed by atoms with van der Waals surface area (Å²) in [5.41, 5.74) is -0.155. The third-order valence-corrected chi connectivity index (χ3v) is 5.51. The topological polar surface area (TPSA) is 32.3 Å². The Bertz CT molecular complexity index is 322. The number of nitrogens with one attached hydrogen (secondary N) is 1. The standard InChI is InChI=1S/C15H26N2O/c1-12-6-2-3-7-13(12)10-17-11-16-15(14(17)18)8-4-5-9-15/h12-13,16H,2-11H2,1H3. The average Bonchev–Trinajstić information content (AvgIpc) is 2.96. The van der Waals surface area contributed by atoms with Gasteiger partial charge in [-0.15, -0.1) is 0 Å². The lowest BCUT2D eigenvalue weighted by Crippen LogP contribution is -2.44. The SMILES string of the molecule is CC1CCCCC1CN1CNC2(CCCC2)C1=O. The summed E-state index contributed by atoms with van der Waals surface area (Å²) in [6.07, 6.45) is 9.95. The van der Waals surface area contributed by atoms with Crippen molar-refractivity contribution in [1.82, 2.24) is 10.2 Å². The summed E-state index contributed by atoms with van der Waals surface area (Å²) in [6.45, 7) is 4.15.